The topological polar surface area (TPSA) is 75.0 Å². The van der Waals surface area contributed by atoms with Gasteiger partial charge in [-0.05, 0) is 48.5 Å². The van der Waals surface area contributed by atoms with E-state index >= 15 is 0 Å². The van der Waals surface area contributed by atoms with Crippen molar-refractivity contribution < 1.29 is 28.2 Å². The maximum atomic E-state index is 12.4. The van der Waals surface area contributed by atoms with Crippen LogP contribution in [0.2, 0.25) is 0 Å². The van der Waals surface area contributed by atoms with Crippen LogP contribution in [0.3, 0.4) is 0 Å². The summed E-state index contributed by atoms with van der Waals surface area (Å²) in [5.74, 6) is 1.81. The average Bonchev–Trinajstić information content (AvgIpc) is 3.34. The van der Waals surface area contributed by atoms with Gasteiger partial charge in [0.15, 0.2) is 18.1 Å². The van der Waals surface area contributed by atoms with Gasteiger partial charge in [0, 0.05) is 17.7 Å². The maximum absolute atomic E-state index is 12.4. The Bertz CT molecular complexity index is 1050. The standard InChI is InChI=1S/C22H16O6/c1-25-15-6-4-14(5-7-15)19(23)13-27-17-8-9-18-20(11-17)28-21(22(18)24)12-16-3-2-10-26-16/h2-12H,13H2,1H3/b21-12-. The molecule has 0 bridgehead atoms. The van der Waals surface area contributed by atoms with Gasteiger partial charge in [0.05, 0.1) is 18.9 Å². The van der Waals surface area contributed by atoms with Crippen molar-refractivity contribution in [3.05, 3.63) is 83.5 Å². The Hall–Kier alpha value is -3.80. The van der Waals surface area contributed by atoms with Crippen molar-refractivity contribution in [2.75, 3.05) is 13.7 Å². The zero-order valence-corrected chi connectivity index (χ0v) is 15.0. The molecular formula is C22H16O6. The fraction of sp³-hybridized carbons (Fsp3) is 0.0909. The molecule has 4 rings (SSSR count). The summed E-state index contributed by atoms with van der Waals surface area (Å²) in [6.07, 6.45) is 3.06. The molecule has 2 heterocycles. The summed E-state index contributed by atoms with van der Waals surface area (Å²) in [6.45, 7) is -0.131. The Balaban J connectivity index is 1.44. The number of methoxy groups -OCH3 is 1. The molecule has 0 unspecified atom stereocenters. The predicted molar refractivity (Wildman–Crippen MR) is 101 cm³/mol. The van der Waals surface area contributed by atoms with Gasteiger partial charge < -0.3 is 18.6 Å². The zero-order chi connectivity index (χ0) is 19.5. The van der Waals surface area contributed by atoms with Crippen molar-refractivity contribution in [3.63, 3.8) is 0 Å². The van der Waals surface area contributed by atoms with E-state index in [0.29, 0.717) is 34.1 Å². The fourth-order valence-corrected chi connectivity index (χ4v) is 2.77. The number of furan rings is 1. The van der Waals surface area contributed by atoms with Gasteiger partial charge in [0.25, 0.3) is 0 Å². The molecule has 0 radical (unpaired) electrons. The minimum atomic E-state index is -0.229. The molecule has 28 heavy (non-hydrogen) atoms. The van der Waals surface area contributed by atoms with E-state index in [1.54, 1.807) is 61.7 Å². The van der Waals surface area contributed by atoms with E-state index < -0.39 is 0 Å². The molecule has 1 aliphatic rings. The molecule has 140 valence electrons. The van der Waals surface area contributed by atoms with Crippen molar-refractivity contribution in [1.29, 1.82) is 0 Å². The molecule has 3 aromatic rings. The molecule has 0 spiro atoms. The molecule has 0 aliphatic carbocycles. The second-order valence-corrected chi connectivity index (χ2v) is 6.05. The number of carbonyl (C=O) groups excluding carboxylic acids is 2. The minimum absolute atomic E-state index is 0.131. The SMILES string of the molecule is COc1ccc(C(=O)COc2ccc3c(c2)O/C(=C\c2ccco2)C3=O)cc1. The summed E-state index contributed by atoms with van der Waals surface area (Å²) >= 11 is 0. The highest BCUT2D eigenvalue weighted by Crippen LogP contribution is 2.35. The van der Waals surface area contributed by atoms with Gasteiger partial charge in [0.2, 0.25) is 5.78 Å². The summed E-state index contributed by atoms with van der Waals surface area (Å²) in [7, 11) is 1.57. The van der Waals surface area contributed by atoms with Gasteiger partial charge in [-0.15, -0.1) is 0 Å². The molecule has 0 amide bonds. The summed E-state index contributed by atoms with van der Waals surface area (Å²) in [4.78, 5) is 24.7. The van der Waals surface area contributed by atoms with E-state index in [4.69, 9.17) is 18.6 Å². The van der Waals surface area contributed by atoms with E-state index in [1.165, 1.54) is 12.3 Å². The number of benzene rings is 2. The molecule has 2 aromatic carbocycles. The molecule has 1 aromatic heterocycles. The minimum Gasteiger partial charge on any atom is -0.497 e. The van der Waals surface area contributed by atoms with Gasteiger partial charge in [-0.1, -0.05) is 0 Å². The highest BCUT2D eigenvalue weighted by Gasteiger charge is 2.28. The highest BCUT2D eigenvalue weighted by atomic mass is 16.5. The quantitative estimate of drug-likeness (QED) is 0.475. The van der Waals surface area contributed by atoms with Crippen molar-refractivity contribution in [1.82, 2.24) is 0 Å². The molecule has 0 fully saturated rings. The molecule has 6 nitrogen and oxygen atoms in total. The number of fused-ring (bicyclic) bond motifs is 1. The third-order valence-electron chi connectivity index (χ3n) is 4.24. The first-order valence-electron chi connectivity index (χ1n) is 8.56. The van der Waals surface area contributed by atoms with Crippen molar-refractivity contribution >= 4 is 17.6 Å². The molecule has 0 atom stereocenters. The van der Waals surface area contributed by atoms with Gasteiger partial charge in [-0.2, -0.15) is 0 Å². The average molecular weight is 376 g/mol. The van der Waals surface area contributed by atoms with Crippen LogP contribution in [0.15, 0.2) is 71.0 Å². The third kappa shape index (κ3) is 3.53. The first kappa shape index (κ1) is 17.6. The number of Topliss-reactive ketones (excluding diaryl/α,β-unsaturated/α-hetero) is 2. The van der Waals surface area contributed by atoms with Gasteiger partial charge in [-0.25, -0.2) is 0 Å². The Morgan fingerprint density at radius 1 is 1.07 bits per heavy atom. The largest absolute Gasteiger partial charge is 0.497 e. The fourth-order valence-electron chi connectivity index (χ4n) is 2.77. The lowest BCUT2D eigenvalue weighted by molar-refractivity contribution is 0.0921. The Morgan fingerprint density at radius 3 is 2.57 bits per heavy atom. The van der Waals surface area contributed by atoms with Crippen LogP contribution in [0, 0.1) is 0 Å². The van der Waals surface area contributed by atoms with Crippen molar-refractivity contribution in [2.45, 2.75) is 0 Å². The third-order valence-corrected chi connectivity index (χ3v) is 4.24. The van der Waals surface area contributed by atoms with Gasteiger partial charge >= 0.3 is 0 Å². The molecular weight excluding hydrogens is 360 g/mol. The van der Waals surface area contributed by atoms with Crippen molar-refractivity contribution in [3.8, 4) is 17.2 Å². The number of ether oxygens (including phenoxy) is 3. The lowest BCUT2D eigenvalue weighted by Gasteiger charge is -2.07. The molecule has 6 heteroatoms. The van der Waals surface area contributed by atoms with Crippen LogP contribution in [0.1, 0.15) is 26.5 Å². The number of allylic oxidation sites excluding steroid dienone is 1. The summed E-state index contributed by atoms with van der Waals surface area (Å²) in [5, 5.41) is 0. The predicted octanol–water partition coefficient (Wildman–Crippen LogP) is 4.17. The summed E-state index contributed by atoms with van der Waals surface area (Å²) in [5.41, 5.74) is 0.962. The molecule has 0 saturated heterocycles. The summed E-state index contributed by atoms with van der Waals surface area (Å²) in [6, 6.07) is 15.1. The first-order chi connectivity index (χ1) is 13.6. The van der Waals surface area contributed by atoms with Crippen molar-refractivity contribution in [2.24, 2.45) is 0 Å². The van der Waals surface area contributed by atoms with E-state index in [1.807, 2.05) is 0 Å². The first-order valence-corrected chi connectivity index (χ1v) is 8.56. The van der Waals surface area contributed by atoms with Crippen LogP contribution in [0.5, 0.6) is 17.2 Å². The Morgan fingerprint density at radius 2 is 1.86 bits per heavy atom. The van der Waals surface area contributed by atoms with Crippen LogP contribution in [0.4, 0.5) is 0 Å². The maximum Gasteiger partial charge on any atom is 0.232 e. The lowest BCUT2D eigenvalue weighted by Crippen LogP contribution is -2.11. The number of rotatable bonds is 6. The zero-order valence-electron chi connectivity index (χ0n) is 15.0. The molecule has 0 saturated carbocycles. The normalized spacial score (nSPS) is 13.9. The number of ketones is 2. The smallest absolute Gasteiger partial charge is 0.232 e. The van der Waals surface area contributed by atoms with E-state index in [2.05, 4.69) is 0 Å². The van der Waals surface area contributed by atoms with Gasteiger partial charge in [0.1, 0.15) is 23.0 Å². The number of hydrogen-bond acceptors (Lipinski definition) is 6. The monoisotopic (exact) mass is 376 g/mol. The van der Waals surface area contributed by atoms with E-state index in [9.17, 15) is 9.59 Å². The van der Waals surface area contributed by atoms with Crippen LogP contribution in [0.25, 0.3) is 6.08 Å². The van der Waals surface area contributed by atoms with Crippen LogP contribution in [-0.4, -0.2) is 25.3 Å². The van der Waals surface area contributed by atoms with Crippen LogP contribution in [-0.2, 0) is 0 Å². The second-order valence-electron chi connectivity index (χ2n) is 6.05. The van der Waals surface area contributed by atoms with E-state index in [-0.39, 0.29) is 23.9 Å². The second kappa shape index (κ2) is 7.44. The highest BCUT2D eigenvalue weighted by molar-refractivity contribution is 6.14. The Kier molecular flexibility index (Phi) is 4.68. The van der Waals surface area contributed by atoms with Gasteiger partial charge in [-0.3, -0.25) is 9.59 Å². The number of carbonyl (C=O) groups is 2. The molecule has 1 aliphatic heterocycles. The summed E-state index contributed by atoms with van der Waals surface area (Å²) < 4.78 is 21.5. The van der Waals surface area contributed by atoms with Crippen LogP contribution < -0.4 is 14.2 Å². The Labute approximate surface area is 160 Å². The molecule has 0 N–H and O–H groups in total. The van der Waals surface area contributed by atoms with E-state index in [0.717, 1.165) is 0 Å². The number of hydrogen-bond donors (Lipinski definition) is 0. The lowest BCUT2D eigenvalue weighted by atomic mass is 10.1. The van der Waals surface area contributed by atoms with Crippen LogP contribution >= 0.6 is 0 Å².